The van der Waals surface area contributed by atoms with Gasteiger partial charge in [0.25, 0.3) is 0 Å². The third-order valence-electron chi connectivity index (χ3n) is 5.43. The minimum absolute atomic E-state index is 0.00982. The van der Waals surface area contributed by atoms with E-state index in [1.165, 1.54) is 12.8 Å². The lowest BCUT2D eigenvalue weighted by Gasteiger charge is -2.30. The predicted octanol–water partition coefficient (Wildman–Crippen LogP) is 2.06. The number of carbonyl (C=O) groups is 1. The third-order valence-corrected chi connectivity index (χ3v) is 5.43. The molecule has 142 valence electrons. The summed E-state index contributed by atoms with van der Waals surface area (Å²) in [6, 6.07) is 7.76. The number of carbonyl (C=O) groups excluding carboxylic acids is 1. The van der Waals surface area contributed by atoms with Gasteiger partial charge in [-0.25, -0.2) is 4.79 Å². The Hall–Kier alpha value is -2.08. The number of hydrogen-bond acceptors (Lipinski definition) is 3. The molecule has 0 radical (unpaired) electrons. The summed E-state index contributed by atoms with van der Waals surface area (Å²) >= 11 is 0. The first-order chi connectivity index (χ1) is 12.6. The van der Waals surface area contributed by atoms with Crippen LogP contribution in [0.3, 0.4) is 0 Å². The Morgan fingerprint density at radius 1 is 1.12 bits per heavy atom. The number of fused-ring (bicyclic) bond motifs is 1. The van der Waals surface area contributed by atoms with Crippen molar-refractivity contribution in [3.05, 3.63) is 34.7 Å². The van der Waals surface area contributed by atoms with Gasteiger partial charge in [0.2, 0.25) is 5.91 Å². The van der Waals surface area contributed by atoms with Gasteiger partial charge in [-0.2, -0.15) is 0 Å². The van der Waals surface area contributed by atoms with Crippen LogP contribution in [0.4, 0.5) is 0 Å². The van der Waals surface area contributed by atoms with Gasteiger partial charge in [-0.05, 0) is 50.9 Å². The first-order valence-corrected chi connectivity index (χ1v) is 9.77. The van der Waals surface area contributed by atoms with Crippen molar-refractivity contribution in [2.45, 2.75) is 46.2 Å². The molecule has 3 rings (SSSR count). The molecule has 1 N–H and O–H groups in total. The Morgan fingerprint density at radius 3 is 2.42 bits per heavy atom. The van der Waals surface area contributed by atoms with Crippen LogP contribution in [0.15, 0.2) is 29.1 Å². The SMILES string of the molecule is CCn1c(=O)n(CCC(=O)NCCN2CCC(C)CC2)c2ccccc21. The standard InChI is InChI=1S/C20H30N4O2/c1-3-23-17-6-4-5-7-18(17)24(20(23)26)14-10-19(25)21-11-15-22-12-8-16(2)9-13-22/h4-7,16H,3,8-15H2,1-2H3,(H,21,25). The molecule has 0 bridgehead atoms. The van der Waals surface area contributed by atoms with E-state index < -0.39 is 0 Å². The highest BCUT2D eigenvalue weighted by atomic mass is 16.2. The van der Waals surface area contributed by atoms with Crippen LogP contribution in [-0.2, 0) is 17.9 Å². The minimum Gasteiger partial charge on any atom is -0.355 e. The van der Waals surface area contributed by atoms with Crippen molar-refractivity contribution in [1.82, 2.24) is 19.4 Å². The maximum atomic E-state index is 12.6. The third kappa shape index (κ3) is 4.18. The van der Waals surface area contributed by atoms with Gasteiger partial charge in [0.1, 0.15) is 0 Å². The second-order valence-electron chi connectivity index (χ2n) is 7.29. The molecule has 2 heterocycles. The van der Waals surface area contributed by atoms with Crippen LogP contribution >= 0.6 is 0 Å². The highest BCUT2D eigenvalue weighted by molar-refractivity contribution is 5.78. The summed E-state index contributed by atoms with van der Waals surface area (Å²) in [5.41, 5.74) is 1.79. The fourth-order valence-electron chi connectivity index (χ4n) is 3.73. The van der Waals surface area contributed by atoms with Crippen LogP contribution in [0.5, 0.6) is 0 Å². The molecule has 1 fully saturated rings. The number of rotatable bonds is 7. The van der Waals surface area contributed by atoms with Crippen molar-refractivity contribution in [1.29, 1.82) is 0 Å². The smallest absolute Gasteiger partial charge is 0.329 e. The Balaban J connectivity index is 1.51. The molecule has 0 aliphatic carbocycles. The lowest BCUT2D eigenvalue weighted by Crippen LogP contribution is -2.39. The van der Waals surface area contributed by atoms with E-state index in [2.05, 4.69) is 17.1 Å². The first-order valence-electron chi connectivity index (χ1n) is 9.77. The van der Waals surface area contributed by atoms with E-state index in [9.17, 15) is 9.59 Å². The second-order valence-corrected chi connectivity index (χ2v) is 7.29. The van der Waals surface area contributed by atoms with Crippen molar-refractivity contribution in [3.8, 4) is 0 Å². The summed E-state index contributed by atoms with van der Waals surface area (Å²) < 4.78 is 3.47. The zero-order chi connectivity index (χ0) is 18.5. The number of benzene rings is 1. The molecular weight excluding hydrogens is 328 g/mol. The molecule has 1 aromatic heterocycles. The Bertz CT molecular complexity index is 800. The molecule has 0 saturated carbocycles. The van der Waals surface area contributed by atoms with Crippen molar-refractivity contribution >= 4 is 16.9 Å². The summed E-state index contributed by atoms with van der Waals surface area (Å²) in [7, 11) is 0. The molecule has 6 nitrogen and oxygen atoms in total. The van der Waals surface area contributed by atoms with E-state index in [0.717, 1.165) is 36.6 Å². The average Bonchev–Trinajstić information content (AvgIpc) is 2.92. The number of nitrogens with zero attached hydrogens (tertiary/aromatic N) is 3. The minimum atomic E-state index is -0.0380. The van der Waals surface area contributed by atoms with Crippen LogP contribution in [0.2, 0.25) is 0 Å². The number of piperidine rings is 1. The molecule has 0 spiro atoms. The molecule has 6 heteroatoms. The highest BCUT2D eigenvalue weighted by Gasteiger charge is 2.16. The van der Waals surface area contributed by atoms with Crippen LogP contribution in [0.25, 0.3) is 11.0 Å². The number of aryl methyl sites for hydroxylation is 2. The van der Waals surface area contributed by atoms with Gasteiger partial charge in [0.15, 0.2) is 0 Å². The lowest BCUT2D eigenvalue weighted by molar-refractivity contribution is -0.121. The van der Waals surface area contributed by atoms with Gasteiger partial charge in [0.05, 0.1) is 11.0 Å². The predicted molar refractivity (Wildman–Crippen MR) is 104 cm³/mol. The zero-order valence-electron chi connectivity index (χ0n) is 15.9. The number of likely N-dealkylation sites (tertiary alicyclic amines) is 1. The van der Waals surface area contributed by atoms with Crippen molar-refractivity contribution in [2.75, 3.05) is 26.2 Å². The van der Waals surface area contributed by atoms with E-state index in [1.54, 1.807) is 9.13 Å². The molecule has 1 aliphatic heterocycles. The van der Waals surface area contributed by atoms with Gasteiger partial charge in [-0.15, -0.1) is 0 Å². The van der Waals surface area contributed by atoms with Crippen molar-refractivity contribution in [2.24, 2.45) is 5.92 Å². The number of nitrogens with one attached hydrogen (secondary N) is 1. The fraction of sp³-hybridized carbons (Fsp3) is 0.600. The van der Waals surface area contributed by atoms with Crippen molar-refractivity contribution < 1.29 is 4.79 Å². The quantitative estimate of drug-likeness (QED) is 0.824. The maximum absolute atomic E-state index is 12.6. The number of hydrogen-bond donors (Lipinski definition) is 1. The topological polar surface area (TPSA) is 59.3 Å². The molecule has 2 aromatic rings. The normalized spacial score (nSPS) is 16.2. The molecule has 26 heavy (non-hydrogen) atoms. The van der Waals surface area contributed by atoms with Gasteiger partial charge < -0.3 is 10.2 Å². The van der Waals surface area contributed by atoms with Crippen LogP contribution < -0.4 is 11.0 Å². The average molecular weight is 358 g/mol. The molecule has 1 aromatic carbocycles. The van der Waals surface area contributed by atoms with Crippen LogP contribution in [0.1, 0.15) is 33.1 Å². The van der Waals surface area contributed by atoms with E-state index in [1.807, 2.05) is 31.2 Å². The Labute approximate surface area is 154 Å². The number of para-hydroxylation sites is 2. The fourth-order valence-corrected chi connectivity index (χ4v) is 3.73. The van der Waals surface area contributed by atoms with Gasteiger partial charge >= 0.3 is 5.69 Å². The van der Waals surface area contributed by atoms with Gasteiger partial charge in [-0.1, -0.05) is 19.1 Å². The second kappa shape index (κ2) is 8.54. The number of imidazole rings is 1. The molecule has 1 aliphatic rings. The molecular formula is C20H30N4O2. The van der Waals surface area contributed by atoms with Crippen LogP contribution in [-0.4, -0.2) is 46.1 Å². The summed E-state index contributed by atoms with van der Waals surface area (Å²) in [5, 5.41) is 3.00. The Morgan fingerprint density at radius 2 is 1.77 bits per heavy atom. The summed E-state index contributed by atoms with van der Waals surface area (Å²) in [6.07, 6.45) is 2.82. The van der Waals surface area contributed by atoms with Crippen molar-refractivity contribution in [3.63, 3.8) is 0 Å². The molecule has 1 saturated heterocycles. The largest absolute Gasteiger partial charge is 0.355 e. The van der Waals surface area contributed by atoms with E-state index in [-0.39, 0.29) is 11.6 Å². The van der Waals surface area contributed by atoms with E-state index >= 15 is 0 Å². The van der Waals surface area contributed by atoms with E-state index in [0.29, 0.717) is 26.1 Å². The number of amides is 1. The lowest BCUT2D eigenvalue weighted by atomic mass is 9.99. The summed E-state index contributed by atoms with van der Waals surface area (Å²) in [4.78, 5) is 27.2. The monoisotopic (exact) mass is 358 g/mol. The molecule has 1 amide bonds. The van der Waals surface area contributed by atoms with Crippen LogP contribution in [0, 0.1) is 5.92 Å². The summed E-state index contributed by atoms with van der Waals surface area (Å²) in [6.45, 7) is 9.16. The summed E-state index contributed by atoms with van der Waals surface area (Å²) in [5.74, 6) is 0.833. The maximum Gasteiger partial charge on any atom is 0.329 e. The molecule has 0 unspecified atom stereocenters. The Kier molecular flexibility index (Phi) is 6.14. The number of aromatic nitrogens is 2. The van der Waals surface area contributed by atoms with E-state index in [4.69, 9.17) is 0 Å². The van der Waals surface area contributed by atoms with Gasteiger partial charge in [0, 0.05) is 32.6 Å². The molecule has 0 atom stereocenters. The zero-order valence-corrected chi connectivity index (χ0v) is 15.9. The highest BCUT2D eigenvalue weighted by Crippen LogP contribution is 2.15. The first kappa shape index (κ1) is 18.7. The van der Waals surface area contributed by atoms with Gasteiger partial charge in [-0.3, -0.25) is 13.9 Å².